The first kappa shape index (κ1) is 20.4. The summed E-state index contributed by atoms with van der Waals surface area (Å²) in [5.74, 6) is -0.883. The maximum atomic E-state index is 14.1. The Morgan fingerprint density at radius 3 is 2.72 bits per heavy atom. The number of nitrogens with zero attached hydrogens (tertiary/aromatic N) is 2. The highest BCUT2D eigenvalue weighted by Crippen LogP contribution is 2.26. The average Bonchev–Trinajstić information content (AvgIpc) is 2.55. The zero-order valence-electron chi connectivity index (χ0n) is 13.5. The lowest BCUT2D eigenvalue weighted by atomic mass is 10.1. The molecule has 1 N–H and O–H groups in total. The molecule has 140 valence electrons. The molecule has 2 aliphatic heterocycles. The maximum absolute atomic E-state index is 14.1. The first-order chi connectivity index (χ1) is 11.4. The molecule has 2 aliphatic rings. The Morgan fingerprint density at radius 2 is 2.04 bits per heavy atom. The number of piperazine rings is 1. The van der Waals surface area contributed by atoms with Crippen molar-refractivity contribution in [2.75, 3.05) is 32.7 Å². The highest BCUT2D eigenvalue weighted by atomic mass is 35.5. The van der Waals surface area contributed by atoms with Crippen LogP contribution in [0, 0.1) is 5.82 Å². The number of halogens is 3. The third-order valence-electron chi connectivity index (χ3n) is 4.44. The van der Waals surface area contributed by atoms with E-state index in [-0.39, 0.29) is 47.4 Å². The first-order valence-electron chi connectivity index (χ1n) is 7.85. The highest BCUT2D eigenvalue weighted by molar-refractivity contribution is 7.89. The minimum absolute atomic E-state index is 0. The van der Waals surface area contributed by atoms with E-state index < -0.39 is 15.8 Å². The second-order valence-electron chi connectivity index (χ2n) is 6.00. The molecule has 0 aromatic heterocycles. The van der Waals surface area contributed by atoms with Crippen LogP contribution in [0.25, 0.3) is 0 Å². The van der Waals surface area contributed by atoms with Crippen molar-refractivity contribution in [1.29, 1.82) is 0 Å². The average molecular weight is 412 g/mol. The fourth-order valence-corrected chi connectivity index (χ4v) is 4.94. The van der Waals surface area contributed by atoms with Gasteiger partial charge >= 0.3 is 0 Å². The molecule has 2 saturated heterocycles. The molecule has 0 spiro atoms. The van der Waals surface area contributed by atoms with Crippen molar-refractivity contribution in [2.24, 2.45) is 0 Å². The van der Waals surface area contributed by atoms with E-state index in [9.17, 15) is 17.6 Å². The van der Waals surface area contributed by atoms with Gasteiger partial charge in [0.2, 0.25) is 15.9 Å². The van der Waals surface area contributed by atoms with Gasteiger partial charge in [0.25, 0.3) is 0 Å². The number of carbonyl (C=O) groups is 1. The highest BCUT2D eigenvalue weighted by Gasteiger charge is 2.36. The number of carbonyl (C=O) groups excluding carboxylic acids is 1. The molecule has 1 atom stereocenters. The van der Waals surface area contributed by atoms with E-state index in [4.69, 9.17) is 11.6 Å². The van der Waals surface area contributed by atoms with Gasteiger partial charge in [0.05, 0.1) is 6.54 Å². The molecular weight excluding hydrogens is 392 g/mol. The first-order valence-corrected chi connectivity index (χ1v) is 9.67. The summed E-state index contributed by atoms with van der Waals surface area (Å²) in [5, 5.41) is 3.15. The quantitative estimate of drug-likeness (QED) is 0.817. The fraction of sp³-hybridized carbons (Fsp3) is 0.533. The van der Waals surface area contributed by atoms with Gasteiger partial charge in [0.1, 0.15) is 10.7 Å². The van der Waals surface area contributed by atoms with E-state index in [2.05, 4.69) is 5.32 Å². The Morgan fingerprint density at radius 1 is 1.28 bits per heavy atom. The van der Waals surface area contributed by atoms with Gasteiger partial charge in [-0.15, -0.1) is 12.4 Å². The Bertz CT molecular complexity index is 748. The number of hydrogen-bond acceptors (Lipinski definition) is 4. The molecule has 2 fully saturated rings. The summed E-state index contributed by atoms with van der Waals surface area (Å²) < 4.78 is 40.8. The van der Waals surface area contributed by atoms with Crippen LogP contribution < -0.4 is 5.32 Å². The van der Waals surface area contributed by atoms with Crippen molar-refractivity contribution in [3.63, 3.8) is 0 Å². The zero-order valence-corrected chi connectivity index (χ0v) is 15.8. The summed E-state index contributed by atoms with van der Waals surface area (Å²) in [4.78, 5) is 13.4. The van der Waals surface area contributed by atoms with Crippen LogP contribution in [0.3, 0.4) is 0 Å². The summed E-state index contributed by atoms with van der Waals surface area (Å²) in [7, 11) is -3.95. The number of hydrogen-bond donors (Lipinski definition) is 1. The number of amides is 1. The molecule has 1 amide bonds. The predicted molar refractivity (Wildman–Crippen MR) is 95.0 cm³/mol. The van der Waals surface area contributed by atoms with Crippen molar-refractivity contribution in [3.8, 4) is 0 Å². The normalized spacial score (nSPS) is 22.6. The lowest BCUT2D eigenvalue weighted by molar-refractivity contribution is -0.135. The van der Waals surface area contributed by atoms with Crippen LogP contribution in [0.5, 0.6) is 0 Å². The summed E-state index contributed by atoms with van der Waals surface area (Å²) in [6.07, 6.45) is 1.39. The Hall–Kier alpha value is -0.930. The Balaban J connectivity index is 0.00000225. The SMILES string of the molecule is Cl.O=C1CNCCN1C1CCCN(S(=O)(=O)c2ccc(Cl)cc2F)C1. The summed E-state index contributed by atoms with van der Waals surface area (Å²) >= 11 is 5.70. The molecule has 0 bridgehead atoms. The summed E-state index contributed by atoms with van der Waals surface area (Å²) in [6, 6.07) is 3.37. The van der Waals surface area contributed by atoms with Crippen LogP contribution in [0.1, 0.15) is 12.8 Å². The van der Waals surface area contributed by atoms with Gasteiger partial charge in [-0.1, -0.05) is 11.6 Å². The Kier molecular flexibility index (Phi) is 6.67. The van der Waals surface area contributed by atoms with Gasteiger partial charge in [-0.05, 0) is 31.0 Å². The van der Waals surface area contributed by atoms with Crippen molar-refractivity contribution < 1.29 is 17.6 Å². The van der Waals surface area contributed by atoms with Gasteiger partial charge in [0.15, 0.2) is 0 Å². The molecule has 0 radical (unpaired) electrons. The van der Waals surface area contributed by atoms with E-state index in [1.54, 1.807) is 4.90 Å². The van der Waals surface area contributed by atoms with E-state index >= 15 is 0 Å². The second kappa shape index (κ2) is 8.18. The third kappa shape index (κ3) is 4.25. The minimum Gasteiger partial charge on any atom is -0.336 e. The molecule has 6 nitrogen and oxygen atoms in total. The van der Waals surface area contributed by atoms with Gasteiger partial charge in [0, 0.05) is 37.2 Å². The van der Waals surface area contributed by atoms with Crippen molar-refractivity contribution in [2.45, 2.75) is 23.8 Å². The molecule has 10 heteroatoms. The largest absolute Gasteiger partial charge is 0.336 e. The van der Waals surface area contributed by atoms with Gasteiger partial charge < -0.3 is 10.2 Å². The third-order valence-corrected chi connectivity index (χ3v) is 6.57. The zero-order chi connectivity index (χ0) is 17.3. The van der Waals surface area contributed by atoms with Gasteiger partial charge in [-0.25, -0.2) is 12.8 Å². The molecule has 3 rings (SSSR count). The molecule has 1 unspecified atom stereocenters. The van der Waals surface area contributed by atoms with Gasteiger partial charge in [-0.3, -0.25) is 4.79 Å². The standard InChI is InChI=1S/C15H19ClFN3O3S.ClH/c16-11-3-4-14(13(17)8-11)24(22,23)19-6-1-2-12(10-19)20-7-5-18-9-15(20)21;/h3-4,8,12,18H,1-2,5-7,9-10H2;1H. The van der Waals surface area contributed by atoms with Gasteiger partial charge in [-0.2, -0.15) is 4.31 Å². The van der Waals surface area contributed by atoms with Crippen molar-refractivity contribution >= 4 is 39.9 Å². The van der Waals surface area contributed by atoms with Crippen LogP contribution in [-0.2, 0) is 14.8 Å². The number of sulfonamides is 1. The molecule has 0 saturated carbocycles. The van der Waals surface area contributed by atoms with Crippen LogP contribution in [-0.4, -0.2) is 62.3 Å². The number of benzene rings is 1. The smallest absolute Gasteiger partial charge is 0.246 e. The van der Waals surface area contributed by atoms with E-state index in [1.165, 1.54) is 16.4 Å². The van der Waals surface area contributed by atoms with Crippen LogP contribution in [0.2, 0.25) is 5.02 Å². The van der Waals surface area contributed by atoms with E-state index in [1.807, 2.05) is 0 Å². The van der Waals surface area contributed by atoms with Crippen LogP contribution in [0.15, 0.2) is 23.1 Å². The molecule has 1 aromatic rings. The molecule has 2 heterocycles. The maximum Gasteiger partial charge on any atom is 0.246 e. The molecular formula is C15H20Cl2FN3O3S. The van der Waals surface area contributed by atoms with Crippen LogP contribution in [0.4, 0.5) is 4.39 Å². The number of nitrogens with one attached hydrogen (secondary N) is 1. The lowest BCUT2D eigenvalue weighted by Crippen LogP contribution is -2.57. The Labute approximate surface area is 157 Å². The molecule has 25 heavy (non-hydrogen) atoms. The summed E-state index contributed by atoms with van der Waals surface area (Å²) in [6.45, 7) is 2.04. The molecule has 1 aromatic carbocycles. The topological polar surface area (TPSA) is 69.7 Å². The monoisotopic (exact) mass is 411 g/mol. The second-order valence-corrected chi connectivity index (χ2v) is 8.34. The molecule has 0 aliphatic carbocycles. The minimum atomic E-state index is -3.95. The van der Waals surface area contributed by atoms with Crippen LogP contribution >= 0.6 is 24.0 Å². The number of piperidine rings is 1. The lowest BCUT2D eigenvalue weighted by Gasteiger charge is -2.40. The fourth-order valence-electron chi connectivity index (χ4n) is 3.22. The predicted octanol–water partition coefficient (Wildman–Crippen LogP) is 1.49. The summed E-state index contributed by atoms with van der Waals surface area (Å²) in [5.41, 5.74) is 0. The van der Waals surface area contributed by atoms with E-state index in [0.717, 1.165) is 12.5 Å². The van der Waals surface area contributed by atoms with Crippen molar-refractivity contribution in [1.82, 2.24) is 14.5 Å². The number of rotatable bonds is 3. The van der Waals surface area contributed by atoms with Crippen molar-refractivity contribution in [3.05, 3.63) is 29.0 Å². The van der Waals surface area contributed by atoms with E-state index in [0.29, 0.717) is 26.1 Å².